The molecule has 1 aromatic carbocycles. The maximum absolute atomic E-state index is 12.5. The molecule has 25 heavy (non-hydrogen) atoms. The van der Waals surface area contributed by atoms with Gasteiger partial charge in [0.05, 0.1) is 18.5 Å². The molecule has 0 radical (unpaired) electrons. The van der Waals surface area contributed by atoms with Gasteiger partial charge in [-0.05, 0) is 24.3 Å². The van der Waals surface area contributed by atoms with Crippen LogP contribution in [0.4, 0.5) is 0 Å². The number of rotatable bonds is 3. The van der Waals surface area contributed by atoms with Gasteiger partial charge in [-0.3, -0.25) is 9.59 Å². The quantitative estimate of drug-likeness (QED) is 0.721. The number of fused-ring (bicyclic) bond motifs is 1. The van der Waals surface area contributed by atoms with Gasteiger partial charge in [0.2, 0.25) is 5.88 Å². The van der Waals surface area contributed by atoms with Gasteiger partial charge in [-0.25, -0.2) is 4.98 Å². The van der Waals surface area contributed by atoms with Crippen molar-refractivity contribution in [3.05, 3.63) is 69.7 Å². The summed E-state index contributed by atoms with van der Waals surface area (Å²) in [4.78, 5) is 30.2. The minimum Gasteiger partial charge on any atom is -0.470 e. The Balaban J connectivity index is 1.47. The molecule has 0 N–H and O–H groups in total. The van der Waals surface area contributed by atoms with E-state index in [9.17, 15) is 9.59 Å². The number of carbonyl (C=O) groups is 1. The van der Waals surface area contributed by atoms with Gasteiger partial charge in [0, 0.05) is 12.3 Å². The molecule has 126 valence electrons. The van der Waals surface area contributed by atoms with Crippen molar-refractivity contribution in [1.82, 2.24) is 9.88 Å². The highest BCUT2D eigenvalue weighted by molar-refractivity contribution is 6.31. The van der Waals surface area contributed by atoms with Crippen LogP contribution in [0, 0.1) is 0 Å². The molecule has 1 fully saturated rings. The van der Waals surface area contributed by atoms with E-state index < -0.39 is 0 Å². The highest BCUT2D eigenvalue weighted by Crippen LogP contribution is 2.24. The second-order valence-electron chi connectivity index (χ2n) is 5.71. The molecule has 3 aromatic rings. The predicted molar refractivity (Wildman–Crippen MR) is 92.1 cm³/mol. The Morgan fingerprint density at radius 1 is 1.24 bits per heavy atom. The van der Waals surface area contributed by atoms with Crippen molar-refractivity contribution in [3.63, 3.8) is 0 Å². The molecule has 7 heteroatoms. The minimum atomic E-state index is -0.338. The van der Waals surface area contributed by atoms with Crippen LogP contribution >= 0.6 is 11.6 Å². The van der Waals surface area contributed by atoms with Crippen molar-refractivity contribution in [2.45, 2.75) is 6.10 Å². The van der Waals surface area contributed by atoms with Crippen LogP contribution in [0.15, 0.2) is 57.9 Å². The molecule has 0 spiro atoms. The summed E-state index contributed by atoms with van der Waals surface area (Å²) in [5.41, 5.74) is 0.158. The lowest BCUT2D eigenvalue weighted by Crippen LogP contribution is -2.56. The summed E-state index contributed by atoms with van der Waals surface area (Å²) in [6.07, 6.45) is 1.40. The monoisotopic (exact) mass is 356 g/mol. The Morgan fingerprint density at radius 3 is 2.84 bits per heavy atom. The molecular formula is C18H13ClN2O4. The minimum absolute atomic E-state index is 0.0259. The topological polar surface area (TPSA) is 72.6 Å². The summed E-state index contributed by atoms with van der Waals surface area (Å²) in [5.74, 6) is 0.0337. The third-order valence-corrected chi connectivity index (χ3v) is 4.27. The molecule has 1 saturated heterocycles. The fraction of sp³-hybridized carbons (Fsp3) is 0.167. The lowest BCUT2D eigenvalue weighted by Gasteiger charge is -2.38. The number of hydrogen-bond acceptors (Lipinski definition) is 5. The highest BCUT2D eigenvalue weighted by Gasteiger charge is 2.34. The number of likely N-dealkylation sites (tertiary alicyclic amines) is 1. The number of pyridine rings is 1. The molecule has 0 bridgehead atoms. The summed E-state index contributed by atoms with van der Waals surface area (Å²) in [5, 5.41) is 0.876. The maximum atomic E-state index is 12.5. The average molecular weight is 357 g/mol. The fourth-order valence-electron chi connectivity index (χ4n) is 2.66. The van der Waals surface area contributed by atoms with Crippen LogP contribution in [0.1, 0.15) is 10.6 Å². The maximum Gasteiger partial charge on any atom is 0.289 e. The van der Waals surface area contributed by atoms with Crippen LogP contribution in [-0.2, 0) is 0 Å². The molecule has 0 saturated carbocycles. The number of ether oxygens (including phenoxy) is 1. The molecule has 1 amide bonds. The Kier molecular flexibility index (Phi) is 3.89. The molecular weight excluding hydrogens is 344 g/mol. The van der Waals surface area contributed by atoms with Crippen molar-refractivity contribution in [2.24, 2.45) is 0 Å². The third kappa shape index (κ3) is 2.96. The average Bonchev–Trinajstić information content (AvgIpc) is 2.58. The smallest absolute Gasteiger partial charge is 0.289 e. The summed E-state index contributed by atoms with van der Waals surface area (Å²) in [6, 6.07) is 11.5. The molecule has 1 aliphatic heterocycles. The zero-order chi connectivity index (χ0) is 17.4. The Hall–Kier alpha value is -2.86. The van der Waals surface area contributed by atoms with Crippen molar-refractivity contribution < 1.29 is 13.9 Å². The Morgan fingerprint density at radius 2 is 2.04 bits per heavy atom. The number of para-hydroxylation sites is 1. The number of carbonyl (C=O) groups excluding carboxylic acids is 1. The van der Waals surface area contributed by atoms with E-state index in [0.717, 1.165) is 0 Å². The number of nitrogens with zero attached hydrogens (tertiary/aromatic N) is 2. The van der Waals surface area contributed by atoms with E-state index in [1.54, 1.807) is 47.5 Å². The SMILES string of the molecule is O=C(c1cc(=O)c2ccccc2o1)N1CC(Oc2ncccc2Cl)C1. The van der Waals surface area contributed by atoms with E-state index in [1.807, 2.05) is 0 Å². The molecule has 6 nitrogen and oxygen atoms in total. The number of benzene rings is 1. The van der Waals surface area contributed by atoms with Gasteiger partial charge in [-0.1, -0.05) is 23.7 Å². The highest BCUT2D eigenvalue weighted by atomic mass is 35.5. The Labute approximate surface area is 147 Å². The van der Waals surface area contributed by atoms with Gasteiger partial charge in [-0.2, -0.15) is 0 Å². The fourth-order valence-corrected chi connectivity index (χ4v) is 2.83. The van der Waals surface area contributed by atoms with Crippen LogP contribution < -0.4 is 10.2 Å². The number of aromatic nitrogens is 1. The zero-order valence-corrected chi connectivity index (χ0v) is 13.8. The summed E-state index contributed by atoms with van der Waals surface area (Å²) in [6.45, 7) is 0.755. The van der Waals surface area contributed by atoms with Crippen LogP contribution in [-0.4, -0.2) is 35.0 Å². The van der Waals surface area contributed by atoms with Gasteiger partial charge < -0.3 is 14.1 Å². The molecule has 3 heterocycles. The predicted octanol–water partition coefficient (Wildman–Crippen LogP) is 2.74. The second-order valence-corrected chi connectivity index (χ2v) is 6.12. The van der Waals surface area contributed by atoms with Crippen LogP contribution in [0.3, 0.4) is 0 Å². The summed E-state index contributed by atoms with van der Waals surface area (Å²) >= 11 is 6.00. The molecule has 0 aliphatic carbocycles. The van der Waals surface area contributed by atoms with Crippen molar-refractivity contribution in [3.8, 4) is 5.88 Å². The van der Waals surface area contributed by atoms with Gasteiger partial charge in [0.25, 0.3) is 5.91 Å². The summed E-state index contributed by atoms with van der Waals surface area (Å²) < 4.78 is 11.2. The first-order valence-electron chi connectivity index (χ1n) is 7.71. The van der Waals surface area contributed by atoms with E-state index in [0.29, 0.717) is 35.0 Å². The largest absolute Gasteiger partial charge is 0.470 e. The number of amides is 1. The number of halogens is 1. The lowest BCUT2D eigenvalue weighted by molar-refractivity contribution is 0.0139. The third-order valence-electron chi connectivity index (χ3n) is 3.98. The van der Waals surface area contributed by atoms with Crippen LogP contribution in [0.5, 0.6) is 5.88 Å². The first-order valence-corrected chi connectivity index (χ1v) is 8.09. The van der Waals surface area contributed by atoms with Crippen molar-refractivity contribution in [2.75, 3.05) is 13.1 Å². The summed E-state index contributed by atoms with van der Waals surface area (Å²) in [7, 11) is 0. The normalized spacial score (nSPS) is 14.4. The van der Waals surface area contributed by atoms with Gasteiger partial charge in [0.1, 0.15) is 16.7 Å². The second kappa shape index (κ2) is 6.22. The van der Waals surface area contributed by atoms with Gasteiger partial charge >= 0.3 is 0 Å². The van der Waals surface area contributed by atoms with Crippen LogP contribution in [0.2, 0.25) is 5.02 Å². The molecule has 2 aromatic heterocycles. The molecule has 1 aliphatic rings. The van der Waals surface area contributed by atoms with E-state index in [1.165, 1.54) is 6.07 Å². The van der Waals surface area contributed by atoms with Crippen molar-refractivity contribution >= 4 is 28.5 Å². The van der Waals surface area contributed by atoms with E-state index >= 15 is 0 Å². The van der Waals surface area contributed by atoms with E-state index in [4.69, 9.17) is 20.8 Å². The first-order chi connectivity index (χ1) is 12.1. The molecule has 0 unspecified atom stereocenters. The first kappa shape index (κ1) is 15.7. The molecule has 0 atom stereocenters. The van der Waals surface area contributed by atoms with Crippen molar-refractivity contribution in [1.29, 1.82) is 0 Å². The van der Waals surface area contributed by atoms with E-state index in [2.05, 4.69) is 4.98 Å². The zero-order valence-electron chi connectivity index (χ0n) is 13.0. The number of hydrogen-bond donors (Lipinski definition) is 0. The molecule has 4 rings (SSSR count). The van der Waals surface area contributed by atoms with E-state index in [-0.39, 0.29) is 23.2 Å². The van der Waals surface area contributed by atoms with Gasteiger partial charge in [-0.15, -0.1) is 0 Å². The van der Waals surface area contributed by atoms with Crippen LogP contribution in [0.25, 0.3) is 11.0 Å². The standard InChI is InChI=1S/C18H13ClN2O4/c19-13-5-3-7-20-17(13)24-11-9-21(10-11)18(23)16-8-14(22)12-4-1-2-6-15(12)25-16/h1-8,11H,9-10H2. The lowest BCUT2D eigenvalue weighted by atomic mass is 10.1. The Bertz CT molecular complexity index is 1010. The van der Waals surface area contributed by atoms with Gasteiger partial charge in [0.15, 0.2) is 11.2 Å².